The van der Waals surface area contributed by atoms with Crippen molar-refractivity contribution >= 4 is 5.91 Å². The molecule has 1 aliphatic heterocycles. The van der Waals surface area contributed by atoms with Gasteiger partial charge in [-0.3, -0.25) is 4.79 Å². The Morgan fingerprint density at radius 1 is 1.50 bits per heavy atom. The van der Waals surface area contributed by atoms with E-state index >= 15 is 0 Å². The lowest BCUT2D eigenvalue weighted by Crippen LogP contribution is -2.45. The van der Waals surface area contributed by atoms with Crippen molar-refractivity contribution in [3.8, 4) is 0 Å². The summed E-state index contributed by atoms with van der Waals surface area (Å²) < 4.78 is 0. The maximum atomic E-state index is 12.2. The number of nitrogens with zero attached hydrogens (tertiary/aromatic N) is 1. The van der Waals surface area contributed by atoms with Gasteiger partial charge in [-0.05, 0) is 45.6 Å². The summed E-state index contributed by atoms with van der Waals surface area (Å²) in [5.74, 6) is 1.32. The lowest BCUT2D eigenvalue weighted by atomic mass is 10.1. The minimum atomic E-state index is 0.323. The van der Waals surface area contributed by atoms with Gasteiger partial charge < -0.3 is 10.2 Å². The summed E-state index contributed by atoms with van der Waals surface area (Å²) in [4.78, 5) is 14.3. The van der Waals surface area contributed by atoms with Gasteiger partial charge in [-0.15, -0.1) is 0 Å². The molecular weight excluding hydrogens is 200 g/mol. The fourth-order valence-corrected chi connectivity index (χ4v) is 2.58. The summed E-state index contributed by atoms with van der Waals surface area (Å²) in [7, 11) is 0. The van der Waals surface area contributed by atoms with Crippen molar-refractivity contribution in [2.24, 2.45) is 11.8 Å². The first-order valence-corrected chi connectivity index (χ1v) is 6.63. The van der Waals surface area contributed by atoms with E-state index in [4.69, 9.17) is 0 Å². The SMILES string of the molecule is CC1CC1C(=O)N(CC1CCCN1)C(C)C. The van der Waals surface area contributed by atoms with Crippen LogP contribution in [0.3, 0.4) is 0 Å². The van der Waals surface area contributed by atoms with Gasteiger partial charge in [0.1, 0.15) is 0 Å². The number of rotatable bonds is 4. The summed E-state index contributed by atoms with van der Waals surface area (Å²) >= 11 is 0. The molecule has 1 saturated heterocycles. The van der Waals surface area contributed by atoms with E-state index in [1.807, 2.05) is 0 Å². The molecule has 92 valence electrons. The second-order valence-electron chi connectivity index (χ2n) is 5.70. The molecule has 0 aromatic carbocycles. The molecule has 0 radical (unpaired) electrons. The van der Waals surface area contributed by atoms with Gasteiger partial charge in [0, 0.05) is 24.5 Å². The Morgan fingerprint density at radius 2 is 2.19 bits per heavy atom. The zero-order valence-corrected chi connectivity index (χ0v) is 10.7. The third-order valence-electron chi connectivity index (χ3n) is 3.91. The highest BCUT2D eigenvalue weighted by atomic mass is 16.2. The van der Waals surface area contributed by atoms with Gasteiger partial charge in [-0.2, -0.15) is 0 Å². The van der Waals surface area contributed by atoms with Crippen molar-refractivity contribution in [3.05, 3.63) is 0 Å². The topological polar surface area (TPSA) is 32.3 Å². The summed E-state index contributed by atoms with van der Waals surface area (Å²) in [5, 5.41) is 3.47. The zero-order valence-electron chi connectivity index (χ0n) is 10.7. The molecule has 1 amide bonds. The Morgan fingerprint density at radius 3 is 2.62 bits per heavy atom. The number of carbonyl (C=O) groups excluding carboxylic acids is 1. The number of amides is 1. The van der Waals surface area contributed by atoms with Crippen molar-refractivity contribution in [2.45, 2.75) is 52.1 Å². The monoisotopic (exact) mass is 224 g/mol. The van der Waals surface area contributed by atoms with Crippen LogP contribution in [0.1, 0.15) is 40.0 Å². The van der Waals surface area contributed by atoms with E-state index in [1.165, 1.54) is 12.8 Å². The van der Waals surface area contributed by atoms with Gasteiger partial charge in [-0.25, -0.2) is 0 Å². The second kappa shape index (κ2) is 4.74. The molecule has 2 fully saturated rings. The highest BCUT2D eigenvalue weighted by molar-refractivity contribution is 5.81. The van der Waals surface area contributed by atoms with Crippen LogP contribution in [0, 0.1) is 11.8 Å². The van der Waals surface area contributed by atoms with Crippen LogP contribution in [0.5, 0.6) is 0 Å². The molecule has 2 aliphatic rings. The molecule has 3 nitrogen and oxygen atoms in total. The van der Waals surface area contributed by atoms with Gasteiger partial charge in [0.2, 0.25) is 5.91 Å². The highest BCUT2D eigenvalue weighted by Gasteiger charge is 2.42. The van der Waals surface area contributed by atoms with Gasteiger partial charge in [0.15, 0.2) is 0 Å². The summed E-state index contributed by atoms with van der Waals surface area (Å²) in [5.41, 5.74) is 0. The van der Waals surface area contributed by atoms with E-state index in [0.29, 0.717) is 29.8 Å². The van der Waals surface area contributed by atoms with E-state index in [0.717, 1.165) is 19.5 Å². The van der Waals surface area contributed by atoms with Crippen LogP contribution in [0.2, 0.25) is 0 Å². The molecule has 2 rings (SSSR count). The zero-order chi connectivity index (χ0) is 11.7. The molecule has 3 unspecified atom stereocenters. The Kier molecular flexibility index (Phi) is 3.53. The Labute approximate surface area is 98.6 Å². The van der Waals surface area contributed by atoms with Gasteiger partial charge in [0.05, 0.1) is 0 Å². The first kappa shape index (κ1) is 11.9. The van der Waals surface area contributed by atoms with Gasteiger partial charge >= 0.3 is 0 Å². The van der Waals surface area contributed by atoms with Crippen LogP contribution in [0.25, 0.3) is 0 Å². The minimum absolute atomic E-state index is 0.323. The molecule has 1 N–H and O–H groups in total. The van der Waals surface area contributed by atoms with Crippen LogP contribution >= 0.6 is 0 Å². The maximum Gasteiger partial charge on any atom is 0.226 e. The maximum absolute atomic E-state index is 12.2. The molecule has 1 heterocycles. The minimum Gasteiger partial charge on any atom is -0.338 e. The normalized spacial score (nSPS) is 33.1. The summed E-state index contributed by atoms with van der Waals surface area (Å²) in [6, 6.07) is 0.864. The van der Waals surface area contributed by atoms with E-state index < -0.39 is 0 Å². The summed E-state index contributed by atoms with van der Waals surface area (Å²) in [6.45, 7) is 8.44. The average molecular weight is 224 g/mol. The van der Waals surface area contributed by atoms with Crippen molar-refractivity contribution in [1.29, 1.82) is 0 Å². The molecule has 1 saturated carbocycles. The largest absolute Gasteiger partial charge is 0.338 e. The van der Waals surface area contributed by atoms with Crippen LogP contribution in [0.4, 0.5) is 0 Å². The molecule has 0 aromatic heterocycles. The quantitative estimate of drug-likeness (QED) is 0.787. The number of carbonyl (C=O) groups is 1. The van der Waals surface area contributed by atoms with E-state index in [9.17, 15) is 4.79 Å². The fraction of sp³-hybridized carbons (Fsp3) is 0.923. The number of hydrogen-bond acceptors (Lipinski definition) is 2. The molecule has 3 atom stereocenters. The lowest BCUT2D eigenvalue weighted by molar-refractivity contribution is -0.134. The van der Waals surface area contributed by atoms with Crippen LogP contribution < -0.4 is 5.32 Å². The van der Waals surface area contributed by atoms with Crippen molar-refractivity contribution < 1.29 is 4.79 Å². The second-order valence-corrected chi connectivity index (χ2v) is 5.70. The average Bonchev–Trinajstić information content (AvgIpc) is 2.77. The van der Waals surface area contributed by atoms with Crippen molar-refractivity contribution in [1.82, 2.24) is 10.2 Å². The first-order chi connectivity index (χ1) is 7.59. The fourth-order valence-electron chi connectivity index (χ4n) is 2.58. The highest BCUT2D eigenvalue weighted by Crippen LogP contribution is 2.39. The van der Waals surface area contributed by atoms with E-state index in [2.05, 4.69) is 31.0 Å². The number of hydrogen-bond donors (Lipinski definition) is 1. The molecule has 0 aromatic rings. The third-order valence-corrected chi connectivity index (χ3v) is 3.91. The lowest BCUT2D eigenvalue weighted by Gasteiger charge is -2.29. The third kappa shape index (κ3) is 2.57. The Bertz CT molecular complexity index is 259. The molecule has 0 spiro atoms. The van der Waals surface area contributed by atoms with Crippen LogP contribution in [-0.4, -0.2) is 36.0 Å². The van der Waals surface area contributed by atoms with E-state index in [1.54, 1.807) is 0 Å². The number of nitrogens with one attached hydrogen (secondary N) is 1. The first-order valence-electron chi connectivity index (χ1n) is 6.63. The Balaban J connectivity index is 1.91. The van der Waals surface area contributed by atoms with Crippen molar-refractivity contribution in [3.63, 3.8) is 0 Å². The smallest absolute Gasteiger partial charge is 0.226 e. The predicted octanol–water partition coefficient (Wildman–Crippen LogP) is 1.63. The Hall–Kier alpha value is -0.570. The molecule has 1 aliphatic carbocycles. The molecule has 3 heteroatoms. The van der Waals surface area contributed by atoms with E-state index in [-0.39, 0.29) is 0 Å². The van der Waals surface area contributed by atoms with Gasteiger partial charge in [0.25, 0.3) is 0 Å². The van der Waals surface area contributed by atoms with Gasteiger partial charge in [-0.1, -0.05) is 6.92 Å². The molecular formula is C13H24N2O. The molecule has 0 bridgehead atoms. The summed E-state index contributed by atoms with van der Waals surface area (Å²) in [6.07, 6.45) is 3.57. The molecule has 16 heavy (non-hydrogen) atoms. The van der Waals surface area contributed by atoms with Crippen LogP contribution in [-0.2, 0) is 4.79 Å². The predicted molar refractivity (Wildman–Crippen MR) is 65.1 cm³/mol. The van der Waals surface area contributed by atoms with Crippen LogP contribution in [0.15, 0.2) is 0 Å². The van der Waals surface area contributed by atoms with Crippen molar-refractivity contribution in [2.75, 3.05) is 13.1 Å². The standard InChI is InChI=1S/C13H24N2O/c1-9(2)15(8-11-5-4-6-14-11)13(16)12-7-10(12)3/h9-12,14H,4-8H2,1-3H3.